The van der Waals surface area contributed by atoms with Gasteiger partial charge in [-0.1, -0.05) is 54.6 Å². The fourth-order valence-corrected chi connectivity index (χ4v) is 3.84. The van der Waals surface area contributed by atoms with E-state index in [1.807, 2.05) is 42.5 Å². The van der Waals surface area contributed by atoms with Gasteiger partial charge in [0.25, 0.3) is 0 Å². The van der Waals surface area contributed by atoms with Gasteiger partial charge < -0.3 is 10.1 Å². The number of piperidine rings is 1. The van der Waals surface area contributed by atoms with Crippen molar-refractivity contribution in [1.82, 2.24) is 5.32 Å². The van der Waals surface area contributed by atoms with Crippen molar-refractivity contribution in [1.29, 1.82) is 0 Å². The molecule has 2 atom stereocenters. The molecule has 0 radical (unpaired) electrons. The number of hydrogen-bond acceptors (Lipinski definition) is 3. The number of ketones is 1. The molecule has 3 nitrogen and oxygen atoms in total. The molecule has 0 amide bonds. The predicted octanol–water partition coefficient (Wildman–Crippen LogP) is 3.30. The van der Waals surface area contributed by atoms with E-state index in [2.05, 4.69) is 17.4 Å². The second-order valence-corrected chi connectivity index (χ2v) is 6.54. The Kier molecular flexibility index (Phi) is 3.98. The number of Topliss-reactive ketones (excluding diaryl/α,β-unsaturated/α-hetero) is 1. The Morgan fingerprint density at radius 2 is 1.57 bits per heavy atom. The highest BCUT2D eigenvalue weighted by molar-refractivity contribution is 6.03. The van der Waals surface area contributed by atoms with Crippen LogP contribution in [0.5, 0.6) is 0 Å². The normalized spacial score (nSPS) is 26.7. The highest BCUT2D eigenvalue weighted by Crippen LogP contribution is 2.31. The van der Waals surface area contributed by atoms with E-state index in [4.69, 9.17) is 4.74 Å². The fourth-order valence-electron chi connectivity index (χ4n) is 3.84. The molecule has 2 saturated heterocycles. The first-order valence-corrected chi connectivity index (χ1v) is 8.34. The van der Waals surface area contributed by atoms with Gasteiger partial charge in [-0.2, -0.15) is 0 Å². The van der Waals surface area contributed by atoms with Crippen molar-refractivity contribution in [3.8, 4) is 11.1 Å². The summed E-state index contributed by atoms with van der Waals surface area (Å²) < 4.78 is 5.59. The molecule has 2 aromatic carbocycles. The van der Waals surface area contributed by atoms with Crippen LogP contribution in [-0.2, 0) is 4.74 Å². The standard InChI is InChI=1S/C20H21NO2/c22-20(15-10-16-12-23-13-17(11-15)21-16)19-9-5-4-8-18(19)14-6-2-1-3-7-14/h1-9,15-17,21H,10-13H2. The van der Waals surface area contributed by atoms with Crippen molar-refractivity contribution < 1.29 is 9.53 Å². The lowest BCUT2D eigenvalue weighted by Gasteiger charge is -2.39. The van der Waals surface area contributed by atoms with Crippen molar-refractivity contribution in [2.45, 2.75) is 24.9 Å². The lowest BCUT2D eigenvalue weighted by molar-refractivity contribution is 0.00954. The number of rotatable bonds is 3. The number of ether oxygens (including phenoxy) is 1. The summed E-state index contributed by atoms with van der Waals surface area (Å²) >= 11 is 0. The Morgan fingerprint density at radius 1 is 0.913 bits per heavy atom. The van der Waals surface area contributed by atoms with Crippen LogP contribution in [0.4, 0.5) is 0 Å². The molecule has 2 aromatic rings. The van der Waals surface area contributed by atoms with Crippen molar-refractivity contribution in [3.63, 3.8) is 0 Å². The van der Waals surface area contributed by atoms with Crippen LogP contribution in [0.3, 0.4) is 0 Å². The Balaban J connectivity index is 1.64. The summed E-state index contributed by atoms with van der Waals surface area (Å²) in [5.74, 6) is 0.378. The zero-order valence-corrected chi connectivity index (χ0v) is 13.1. The fraction of sp³-hybridized carbons (Fsp3) is 0.350. The molecule has 2 aliphatic heterocycles. The van der Waals surface area contributed by atoms with Crippen molar-refractivity contribution in [2.24, 2.45) is 5.92 Å². The van der Waals surface area contributed by atoms with E-state index in [9.17, 15) is 4.79 Å². The second kappa shape index (κ2) is 6.26. The van der Waals surface area contributed by atoms with Crippen LogP contribution in [0, 0.1) is 5.92 Å². The molecule has 0 saturated carbocycles. The molecule has 23 heavy (non-hydrogen) atoms. The number of carbonyl (C=O) groups is 1. The number of morpholine rings is 1. The minimum Gasteiger partial charge on any atom is -0.378 e. The average molecular weight is 307 g/mol. The monoisotopic (exact) mass is 307 g/mol. The van der Waals surface area contributed by atoms with Crippen LogP contribution in [0.15, 0.2) is 54.6 Å². The Hall–Kier alpha value is -1.97. The van der Waals surface area contributed by atoms with Gasteiger partial charge in [0.2, 0.25) is 0 Å². The van der Waals surface area contributed by atoms with E-state index in [0.29, 0.717) is 12.1 Å². The molecule has 4 rings (SSSR count). The molecule has 2 bridgehead atoms. The predicted molar refractivity (Wildman–Crippen MR) is 90.5 cm³/mol. The lowest BCUT2D eigenvalue weighted by atomic mass is 9.80. The van der Waals surface area contributed by atoms with Crippen LogP contribution < -0.4 is 5.32 Å². The lowest BCUT2D eigenvalue weighted by Crippen LogP contribution is -2.55. The van der Waals surface area contributed by atoms with Gasteiger partial charge in [-0.25, -0.2) is 0 Å². The summed E-state index contributed by atoms with van der Waals surface area (Å²) in [4.78, 5) is 13.2. The first-order chi connectivity index (χ1) is 11.3. The largest absolute Gasteiger partial charge is 0.378 e. The second-order valence-electron chi connectivity index (χ2n) is 6.54. The molecular weight excluding hydrogens is 286 g/mol. The highest BCUT2D eigenvalue weighted by Gasteiger charge is 2.36. The maximum atomic E-state index is 13.2. The maximum Gasteiger partial charge on any atom is 0.166 e. The highest BCUT2D eigenvalue weighted by atomic mass is 16.5. The molecule has 0 aliphatic carbocycles. The molecule has 1 N–H and O–H groups in total. The first kappa shape index (κ1) is 14.6. The third-order valence-corrected chi connectivity index (χ3v) is 4.90. The van der Waals surface area contributed by atoms with Crippen LogP contribution in [0.1, 0.15) is 23.2 Å². The number of benzene rings is 2. The van der Waals surface area contributed by atoms with Gasteiger partial charge in [-0.3, -0.25) is 4.79 Å². The zero-order chi connectivity index (χ0) is 15.6. The quantitative estimate of drug-likeness (QED) is 0.884. The smallest absolute Gasteiger partial charge is 0.166 e. The van der Waals surface area contributed by atoms with E-state index in [-0.39, 0.29) is 11.7 Å². The number of nitrogens with one attached hydrogen (secondary N) is 1. The van der Waals surface area contributed by atoms with Crippen LogP contribution in [0.2, 0.25) is 0 Å². The third-order valence-electron chi connectivity index (χ3n) is 4.90. The van der Waals surface area contributed by atoms with E-state index >= 15 is 0 Å². The number of fused-ring (bicyclic) bond motifs is 2. The first-order valence-electron chi connectivity index (χ1n) is 8.34. The molecule has 3 heteroatoms. The van der Waals surface area contributed by atoms with E-state index in [0.717, 1.165) is 42.7 Å². The Morgan fingerprint density at radius 3 is 2.30 bits per heavy atom. The third kappa shape index (κ3) is 2.94. The van der Waals surface area contributed by atoms with Gasteiger partial charge in [-0.05, 0) is 24.0 Å². The van der Waals surface area contributed by atoms with Gasteiger partial charge in [0.05, 0.1) is 13.2 Å². The summed E-state index contributed by atoms with van der Waals surface area (Å²) in [6.07, 6.45) is 1.75. The molecule has 2 aliphatic rings. The summed E-state index contributed by atoms with van der Waals surface area (Å²) in [6, 6.07) is 18.8. The van der Waals surface area contributed by atoms with Gasteiger partial charge in [-0.15, -0.1) is 0 Å². The zero-order valence-electron chi connectivity index (χ0n) is 13.1. The Labute approximate surface area is 136 Å². The molecule has 2 fully saturated rings. The van der Waals surface area contributed by atoms with Gasteiger partial charge in [0.15, 0.2) is 5.78 Å². The summed E-state index contributed by atoms with van der Waals surface area (Å²) in [5, 5.41) is 3.56. The van der Waals surface area contributed by atoms with Gasteiger partial charge in [0.1, 0.15) is 0 Å². The van der Waals surface area contributed by atoms with Crippen LogP contribution >= 0.6 is 0 Å². The summed E-state index contributed by atoms with van der Waals surface area (Å²) in [7, 11) is 0. The molecule has 0 aromatic heterocycles. The SMILES string of the molecule is O=C(c1ccccc1-c1ccccc1)C1CC2COCC(C1)N2. The molecule has 118 valence electrons. The van der Waals surface area contributed by atoms with Crippen molar-refractivity contribution in [3.05, 3.63) is 60.2 Å². The minimum atomic E-state index is 0.0972. The maximum absolute atomic E-state index is 13.2. The molecule has 2 unspecified atom stereocenters. The van der Waals surface area contributed by atoms with Gasteiger partial charge >= 0.3 is 0 Å². The number of hydrogen-bond donors (Lipinski definition) is 1. The number of carbonyl (C=O) groups excluding carboxylic acids is 1. The van der Waals surface area contributed by atoms with Crippen molar-refractivity contribution >= 4 is 5.78 Å². The molecule has 2 heterocycles. The topological polar surface area (TPSA) is 38.3 Å². The Bertz CT molecular complexity index is 686. The van der Waals surface area contributed by atoms with E-state index < -0.39 is 0 Å². The van der Waals surface area contributed by atoms with Crippen LogP contribution in [-0.4, -0.2) is 31.1 Å². The van der Waals surface area contributed by atoms with Crippen molar-refractivity contribution in [2.75, 3.05) is 13.2 Å². The van der Waals surface area contributed by atoms with E-state index in [1.54, 1.807) is 0 Å². The van der Waals surface area contributed by atoms with Gasteiger partial charge in [0, 0.05) is 23.6 Å². The summed E-state index contributed by atoms with van der Waals surface area (Å²) in [5.41, 5.74) is 3.00. The molecular formula is C20H21NO2. The minimum absolute atomic E-state index is 0.0972. The molecule has 0 spiro atoms. The summed E-state index contributed by atoms with van der Waals surface area (Å²) in [6.45, 7) is 1.45. The van der Waals surface area contributed by atoms with E-state index in [1.165, 1.54) is 0 Å². The average Bonchev–Trinajstić information content (AvgIpc) is 2.61. The van der Waals surface area contributed by atoms with Crippen LogP contribution in [0.25, 0.3) is 11.1 Å².